The standard InChI is InChI=1S/C7H11F2N/c1-6(10-2)5-7(9)3-4-8/h5,10H,1,3-4H2,2H3/b7-5+. The van der Waals surface area contributed by atoms with Crippen molar-refractivity contribution in [3.8, 4) is 0 Å². The summed E-state index contributed by atoms with van der Waals surface area (Å²) in [5.41, 5.74) is 0.450. The Morgan fingerprint density at radius 1 is 1.70 bits per heavy atom. The van der Waals surface area contributed by atoms with Gasteiger partial charge in [-0.2, -0.15) is 0 Å². The van der Waals surface area contributed by atoms with Crippen molar-refractivity contribution in [2.45, 2.75) is 6.42 Å². The summed E-state index contributed by atoms with van der Waals surface area (Å²) in [6.07, 6.45) is 1.01. The first-order valence-electron chi connectivity index (χ1n) is 2.99. The predicted octanol–water partition coefficient (Wildman–Crippen LogP) is 1.93. The maximum absolute atomic E-state index is 12.4. The predicted molar refractivity (Wildman–Crippen MR) is 38.0 cm³/mol. The van der Waals surface area contributed by atoms with Crippen LogP contribution in [0.1, 0.15) is 6.42 Å². The van der Waals surface area contributed by atoms with Crippen molar-refractivity contribution in [2.24, 2.45) is 0 Å². The molecular weight excluding hydrogens is 136 g/mol. The van der Waals surface area contributed by atoms with Crippen molar-refractivity contribution < 1.29 is 8.78 Å². The van der Waals surface area contributed by atoms with Gasteiger partial charge >= 0.3 is 0 Å². The fraction of sp³-hybridized carbons (Fsp3) is 0.429. The van der Waals surface area contributed by atoms with Crippen LogP contribution in [0.3, 0.4) is 0 Å². The van der Waals surface area contributed by atoms with E-state index in [0.29, 0.717) is 5.70 Å². The zero-order chi connectivity index (χ0) is 7.98. The van der Waals surface area contributed by atoms with Crippen LogP contribution in [0.2, 0.25) is 0 Å². The van der Waals surface area contributed by atoms with Crippen LogP contribution in [0.25, 0.3) is 0 Å². The van der Waals surface area contributed by atoms with E-state index >= 15 is 0 Å². The van der Waals surface area contributed by atoms with Crippen LogP contribution in [-0.2, 0) is 0 Å². The molecule has 0 amide bonds. The third-order valence-corrected chi connectivity index (χ3v) is 0.985. The molecule has 0 unspecified atom stereocenters. The lowest BCUT2D eigenvalue weighted by molar-refractivity contribution is 0.455. The summed E-state index contributed by atoms with van der Waals surface area (Å²) in [5.74, 6) is -0.484. The molecule has 0 atom stereocenters. The summed E-state index contributed by atoms with van der Waals surface area (Å²) in [6, 6.07) is 0. The molecule has 0 aliphatic heterocycles. The molecule has 0 radical (unpaired) electrons. The minimum atomic E-state index is -0.667. The van der Waals surface area contributed by atoms with E-state index in [9.17, 15) is 8.78 Å². The van der Waals surface area contributed by atoms with Crippen LogP contribution in [-0.4, -0.2) is 13.7 Å². The summed E-state index contributed by atoms with van der Waals surface area (Å²) in [4.78, 5) is 0. The minimum Gasteiger partial charge on any atom is -0.389 e. The summed E-state index contributed by atoms with van der Waals surface area (Å²) in [7, 11) is 1.63. The molecule has 58 valence electrons. The molecule has 0 fully saturated rings. The average molecular weight is 147 g/mol. The molecule has 0 rings (SSSR count). The Morgan fingerprint density at radius 2 is 2.30 bits per heavy atom. The van der Waals surface area contributed by atoms with E-state index in [4.69, 9.17) is 0 Å². The molecule has 1 nitrogen and oxygen atoms in total. The molecule has 0 bridgehead atoms. The second-order valence-electron chi connectivity index (χ2n) is 1.81. The van der Waals surface area contributed by atoms with E-state index in [0.717, 1.165) is 0 Å². The van der Waals surface area contributed by atoms with Crippen molar-refractivity contribution in [3.63, 3.8) is 0 Å². The van der Waals surface area contributed by atoms with Gasteiger partial charge in [0.05, 0.1) is 6.67 Å². The number of hydrogen-bond donors (Lipinski definition) is 1. The SMILES string of the molecule is C=C(/C=C(/F)CCF)NC. The normalized spacial score (nSPS) is 11.3. The Balaban J connectivity index is 3.77. The van der Waals surface area contributed by atoms with Crippen LogP contribution >= 0.6 is 0 Å². The van der Waals surface area contributed by atoms with Crippen LogP contribution in [0.15, 0.2) is 24.2 Å². The van der Waals surface area contributed by atoms with Gasteiger partial charge in [-0.1, -0.05) is 6.58 Å². The van der Waals surface area contributed by atoms with Crippen LogP contribution in [0, 0.1) is 0 Å². The first-order chi connectivity index (χ1) is 4.70. The zero-order valence-electron chi connectivity index (χ0n) is 5.95. The molecule has 10 heavy (non-hydrogen) atoms. The van der Waals surface area contributed by atoms with E-state index in [-0.39, 0.29) is 6.42 Å². The second-order valence-corrected chi connectivity index (χ2v) is 1.81. The molecule has 0 aromatic heterocycles. The van der Waals surface area contributed by atoms with E-state index in [1.807, 2.05) is 0 Å². The van der Waals surface area contributed by atoms with Crippen molar-refractivity contribution in [1.29, 1.82) is 0 Å². The minimum absolute atomic E-state index is 0.166. The maximum Gasteiger partial charge on any atom is 0.105 e. The Labute approximate surface area is 59.4 Å². The lowest BCUT2D eigenvalue weighted by Crippen LogP contribution is -2.01. The van der Waals surface area contributed by atoms with E-state index < -0.39 is 12.5 Å². The third kappa shape index (κ3) is 4.06. The lowest BCUT2D eigenvalue weighted by Gasteiger charge is -1.96. The van der Waals surface area contributed by atoms with Gasteiger partial charge in [-0.05, 0) is 6.08 Å². The van der Waals surface area contributed by atoms with Gasteiger partial charge in [0.2, 0.25) is 0 Å². The Kier molecular flexibility index (Phi) is 4.54. The van der Waals surface area contributed by atoms with Gasteiger partial charge in [-0.25, -0.2) is 4.39 Å². The van der Waals surface area contributed by atoms with Gasteiger partial charge in [0.15, 0.2) is 0 Å². The van der Waals surface area contributed by atoms with Gasteiger partial charge in [-0.3, -0.25) is 4.39 Å². The van der Waals surface area contributed by atoms with Gasteiger partial charge < -0.3 is 5.32 Å². The summed E-state index contributed by atoms with van der Waals surface area (Å²) in [5, 5.41) is 2.62. The van der Waals surface area contributed by atoms with E-state index in [2.05, 4.69) is 11.9 Å². The van der Waals surface area contributed by atoms with Crippen molar-refractivity contribution in [3.05, 3.63) is 24.2 Å². The molecule has 3 heteroatoms. The Hall–Kier alpha value is -0.860. The van der Waals surface area contributed by atoms with Crippen molar-refractivity contribution >= 4 is 0 Å². The monoisotopic (exact) mass is 147 g/mol. The molecule has 1 N–H and O–H groups in total. The van der Waals surface area contributed by atoms with Crippen molar-refractivity contribution in [2.75, 3.05) is 13.7 Å². The van der Waals surface area contributed by atoms with E-state index in [1.54, 1.807) is 7.05 Å². The second kappa shape index (κ2) is 4.97. The fourth-order valence-corrected chi connectivity index (χ4v) is 0.424. The van der Waals surface area contributed by atoms with Crippen LogP contribution in [0.5, 0.6) is 0 Å². The number of likely N-dealkylation sites (N-methyl/N-ethyl adjacent to an activating group) is 1. The van der Waals surface area contributed by atoms with Gasteiger partial charge in [0.25, 0.3) is 0 Å². The van der Waals surface area contributed by atoms with Gasteiger partial charge in [-0.15, -0.1) is 0 Å². The number of nitrogens with one attached hydrogen (secondary N) is 1. The lowest BCUT2D eigenvalue weighted by atomic mass is 10.3. The van der Waals surface area contributed by atoms with Gasteiger partial charge in [0, 0.05) is 19.2 Å². The molecule has 0 saturated carbocycles. The first kappa shape index (κ1) is 9.14. The fourth-order valence-electron chi connectivity index (χ4n) is 0.424. The number of halogens is 2. The molecular formula is C7H11F2N. The van der Waals surface area contributed by atoms with Crippen LogP contribution in [0.4, 0.5) is 8.78 Å². The molecule has 0 heterocycles. The average Bonchev–Trinajstić information content (AvgIpc) is 1.88. The summed E-state index contributed by atoms with van der Waals surface area (Å²) < 4.78 is 23.8. The quantitative estimate of drug-likeness (QED) is 0.599. The Bertz CT molecular complexity index is 141. The van der Waals surface area contributed by atoms with Gasteiger partial charge in [0.1, 0.15) is 5.83 Å². The van der Waals surface area contributed by atoms with E-state index in [1.165, 1.54) is 6.08 Å². The van der Waals surface area contributed by atoms with Crippen molar-refractivity contribution in [1.82, 2.24) is 5.32 Å². The Morgan fingerprint density at radius 3 is 2.70 bits per heavy atom. The van der Waals surface area contributed by atoms with Crippen LogP contribution < -0.4 is 5.32 Å². The highest BCUT2D eigenvalue weighted by atomic mass is 19.1. The molecule has 0 saturated heterocycles. The summed E-state index contributed by atoms with van der Waals surface area (Å²) in [6.45, 7) is 2.78. The molecule has 0 aliphatic carbocycles. The topological polar surface area (TPSA) is 12.0 Å². The number of hydrogen-bond acceptors (Lipinski definition) is 1. The smallest absolute Gasteiger partial charge is 0.105 e. The largest absolute Gasteiger partial charge is 0.389 e. The highest BCUT2D eigenvalue weighted by Gasteiger charge is 1.93. The third-order valence-electron chi connectivity index (χ3n) is 0.985. The highest BCUT2D eigenvalue weighted by molar-refractivity contribution is 5.14. The first-order valence-corrected chi connectivity index (χ1v) is 2.99. The number of rotatable bonds is 4. The molecule has 0 spiro atoms. The zero-order valence-corrected chi connectivity index (χ0v) is 5.95. The highest BCUT2D eigenvalue weighted by Crippen LogP contribution is 2.04. The number of alkyl halides is 1. The number of allylic oxidation sites excluding steroid dienone is 2. The maximum atomic E-state index is 12.4. The summed E-state index contributed by atoms with van der Waals surface area (Å²) >= 11 is 0. The molecule has 0 aromatic carbocycles. The molecule has 0 aliphatic rings. The molecule has 0 aromatic rings.